The van der Waals surface area contributed by atoms with Crippen molar-refractivity contribution < 1.29 is 13.2 Å². The lowest BCUT2D eigenvalue weighted by atomic mass is 10.1. The van der Waals surface area contributed by atoms with Crippen LogP contribution in [0.4, 0.5) is 5.69 Å². The highest BCUT2D eigenvalue weighted by Crippen LogP contribution is 2.25. The molecular formula is C17H26N2O3S. The molecule has 5 nitrogen and oxygen atoms in total. The fourth-order valence-electron chi connectivity index (χ4n) is 2.84. The van der Waals surface area contributed by atoms with Gasteiger partial charge < -0.3 is 5.32 Å². The molecule has 1 aromatic rings. The largest absolute Gasteiger partial charge is 0.326 e. The van der Waals surface area contributed by atoms with Crippen LogP contribution >= 0.6 is 0 Å². The van der Waals surface area contributed by atoms with E-state index in [1.807, 2.05) is 13.8 Å². The first-order valence-electron chi connectivity index (χ1n) is 8.37. The molecule has 0 unspecified atom stereocenters. The maximum atomic E-state index is 12.7. The number of nitrogens with one attached hydrogen (secondary N) is 1. The summed E-state index contributed by atoms with van der Waals surface area (Å²) in [5.41, 5.74) is 0.636. The fraction of sp³-hybridized carbons (Fsp3) is 0.588. The molecular weight excluding hydrogens is 312 g/mol. The number of unbranched alkanes of at least 4 members (excludes halogenated alkanes) is 1. The first-order chi connectivity index (χ1) is 10.9. The summed E-state index contributed by atoms with van der Waals surface area (Å²) >= 11 is 0. The number of piperidine rings is 1. The Labute approximate surface area is 139 Å². The van der Waals surface area contributed by atoms with E-state index >= 15 is 0 Å². The van der Waals surface area contributed by atoms with Gasteiger partial charge in [-0.25, -0.2) is 8.42 Å². The monoisotopic (exact) mass is 338 g/mol. The van der Waals surface area contributed by atoms with Gasteiger partial charge in [-0.2, -0.15) is 4.31 Å². The number of rotatable bonds is 6. The van der Waals surface area contributed by atoms with Crippen LogP contribution in [0.15, 0.2) is 29.2 Å². The molecule has 0 saturated carbocycles. The summed E-state index contributed by atoms with van der Waals surface area (Å²) in [4.78, 5) is 12.0. The van der Waals surface area contributed by atoms with Gasteiger partial charge in [0.05, 0.1) is 4.90 Å². The summed E-state index contributed by atoms with van der Waals surface area (Å²) in [5.74, 6) is -0.0351. The van der Waals surface area contributed by atoms with Crippen molar-refractivity contribution in [3.63, 3.8) is 0 Å². The van der Waals surface area contributed by atoms with Gasteiger partial charge in [-0.3, -0.25) is 4.79 Å². The van der Waals surface area contributed by atoms with Gasteiger partial charge >= 0.3 is 0 Å². The van der Waals surface area contributed by atoms with E-state index in [2.05, 4.69) is 5.32 Å². The Kier molecular flexibility index (Phi) is 6.18. The van der Waals surface area contributed by atoms with Crippen molar-refractivity contribution in [1.82, 2.24) is 4.31 Å². The van der Waals surface area contributed by atoms with E-state index in [-0.39, 0.29) is 16.8 Å². The summed E-state index contributed by atoms with van der Waals surface area (Å²) in [5, 5.41) is 2.80. The smallest absolute Gasteiger partial charge is 0.243 e. The lowest BCUT2D eigenvalue weighted by Gasteiger charge is -2.32. The van der Waals surface area contributed by atoms with Gasteiger partial charge in [0, 0.05) is 24.7 Å². The zero-order valence-electron chi connectivity index (χ0n) is 13.9. The molecule has 128 valence electrons. The average molecular weight is 338 g/mol. The van der Waals surface area contributed by atoms with Crippen molar-refractivity contribution in [1.29, 1.82) is 0 Å². The van der Waals surface area contributed by atoms with Crippen LogP contribution in [0, 0.1) is 0 Å². The number of hydrogen-bond donors (Lipinski definition) is 1. The van der Waals surface area contributed by atoms with Gasteiger partial charge in [-0.1, -0.05) is 19.8 Å². The summed E-state index contributed by atoms with van der Waals surface area (Å²) in [6.45, 7) is 4.58. The van der Waals surface area contributed by atoms with E-state index in [0.717, 1.165) is 32.1 Å². The van der Waals surface area contributed by atoms with Crippen LogP contribution in [0.1, 0.15) is 52.4 Å². The van der Waals surface area contributed by atoms with Crippen LogP contribution in [0.5, 0.6) is 0 Å². The molecule has 1 saturated heterocycles. The second kappa shape index (κ2) is 7.93. The quantitative estimate of drug-likeness (QED) is 0.864. The third-order valence-electron chi connectivity index (χ3n) is 4.24. The second-order valence-corrected chi connectivity index (χ2v) is 8.03. The van der Waals surface area contributed by atoms with Gasteiger partial charge in [0.25, 0.3) is 0 Å². The van der Waals surface area contributed by atoms with Crippen molar-refractivity contribution in [3.05, 3.63) is 24.3 Å². The molecule has 2 rings (SSSR count). The molecule has 0 spiro atoms. The number of hydrogen-bond acceptors (Lipinski definition) is 3. The lowest BCUT2D eigenvalue weighted by Crippen LogP contribution is -2.41. The molecule has 1 atom stereocenters. The zero-order valence-corrected chi connectivity index (χ0v) is 14.7. The van der Waals surface area contributed by atoms with Gasteiger partial charge in [0.1, 0.15) is 0 Å². The molecule has 1 amide bonds. The lowest BCUT2D eigenvalue weighted by molar-refractivity contribution is -0.116. The SMILES string of the molecule is CCCCC(=O)Nc1ccc(S(=O)(=O)N2CCCC[C@H]2C)cc1. The highest BCUT2D eigenvalue weighted by atomic mass is 32.2. The van der Waals surface area contributed by atoms with Crippen LogP contribution in [-0.2, 0) is 14.8 Å². The Bertz CT molecular complexity index is 626. The maximum Gasteiger partial charge on any atom is 0.243 e. The minimum absolute atomic E-state index is 0.0351. The minimum Gasteiger partial charge on any atom is -0.326 e. The molecule has 1 N–H and O–H groups in total. The second-order valence-electron chi connectivity index (χ2n) is 6.14. The van der Waals surface area contributed by atoms with Crippen LogP contribution < -0.4 is 5.32 Å². The number of anilines is 1. The molecule has 1 aliphatic heterocycles. The Morgan fingerprint density at radius 2 is 1.96 bits per heavy atom. The minimum atomic E-state index is -3.45. The van der Waals surface area contributed by atoms with E-state index in [1.165, 1.54) is 0 Å². The van der Waals surface area contributed by atoms with Crippen molar-refractivity contribution in [2.75, 3.05) is 11.9 Å². The molecule has 0 bridgehead atoms. The van der Waals surface area contributed by atoms with Gasteiger partial charge in [-0.15, -0.1) is 0 Å². The van der Waals surface area contributed by atoms with Crippen molar-refractivity contribution >= 4 is 21.6 Å². The number of benzene rings is 1. The van der Waals surface area contributed by atoms with Crippen LogP contribution in [0.3, 0.4) is 0 Å². The van der Waals surface area contributed by atoms with Crippen molar-refractivity contribution in [3.8, 4) is 0 Å². The molecule has 1 fully saturated rings. The number of sulfonamides is 1. The standard InChI is InChI=1S/C17H26N2O3S/c1-3-4-8-17(20)18-15-9-11-16(12-10-15)23(21,22)19-13-6-5-7-14(19)2/h9-12,14H,3-8,13H2,1-2H3,(H,18,20)/t14-/m1/s1. The summed E-state index contributed by atoms with van der Waals surface area (Å²) < 4.78 is 27.0. The van der Waals surface area contributed by atoms with E-state index in [0.29, 0.717) is 18.7 Å². The third kappa shape index (κ3) is 4.54. The van der Waals surface area contributed by atoms with E-state index in [4.69, 9.17) is 0 Å². The summed E-state index contributed by atoms with van der Waals surface area (Å²) in [6.07, 6.45) is 5.21. The molecule has 1 heterocycles. The Balaban J connectivity index is 2.07. The molecule has 6 heteroatoms. The Morgan fingerprint density at radius 1 is 1.26 bits per heavy atom. The normalized spacial score (nSPS) is 19.5. The predicted molar refractivity (Wildman–Crippen MR) is 91.8 cm³/mol. The summed E-state index contributed by atoms with van der Waals surface area (Å²) in [6, 6.07) is 6.51. The van der Waals surface area contributed by atoms with E-state index in [1.54, 1.807) is 28.6 Å². The van der Waals surface area contributed by atoms with Gasteiger partial charge in [0.15, 0.2) is 0 Å². The maximum absolute atomic E-state index is 12.7. The molecule has 0 aliphatic carbocycles. The summed E-state index contributed by atoms with van der Waals surface area (Å²) in [7, 11) is -3.45. The Morgan fingerprint density at radius 3 is 2.57 bits per heavy atom. The van der Waals surface area contributed by atoms with Gasteiger partial charge in [0.2, 0.25) is 15.9 Å². The fourth-order valence-corrected chi connectivity index (χ4v) is 4.53. The first-order valence-corrected chi connectivity index (χ1v) is 9.81. The highest BCUT2D eigenvalue weighted by Gasteiger charge is 2.30. The number of carbonyl (C=O) groups excluding carboxylic acids is 1. The molecule has 0 aromatic heterocycles. The Hall–Kier alpha value is -1.40. The molecule has 1 aromatic carbocycles. The zero-order chi connectivity index (χ0) is 16.9. The van der Waals surface area contributed by atoms with Crippen LogP contribution in [0.2, 0.25) is 0 Å². The topological polar surface area (TPSA) is 66.5 Å². The predicted octanol–water partition coefficient (Wildman–Crippen LogP) is 3.38. The van der Waals surface area contributed by atoms with Crippen molar-refractivity contribution in [2.45, 2.75) is 63.3 Å². The van der Waals surface area contributed by atoms with Gasteiger partial charge in [-0.05, 0) is 50.5 Å². The number of amides is 1. The van der Waals surface area contributed by atoms with Crippen LogP contribution in [-0.4, -0.2) is 31.2 Å². The first kappa shape index (κ1) is 17.9. The van der Waals surface area contributed by atoms with E-state index < -0.39 is 10.0 Å². The van der Waals surface area contributed by atoms with E-state index in [9.17, 15) is 13.2 Å². The molecule has 0 radical (unpaired) electrons. The van der Waals surface area contributed by atoms with Crippen LogP contribution in [0.25, 0.3) is 0 Å². The highest BCUT2D eigenvalue weighted by molar-refractivity contribution is 7.89. The third-order valence-corrected chi connectivity index (χ3v) is 6.27. The number of nitrogens with zero attached hydrogens (tertiary/aromatic N) is 1. The molecule has 1 aliphatic rings. The average Bonchev–Trinajstić information content (AvgIpc) is 2.53. The number of carbonyl (C=O) groups is 1. The van der Waals surface area contributed by atoms with Crippen molar-refractivity contribution in [2.24, 2.45) is 0 Å². The molecule has 23 heavy (non-hydrogen) atoms.